The number of aromatic nitrogens is 2. The zero-order valence-corrected chi connectivity index (χ0v) is 24.5. The van der Waals surface area contributed by atoms with Crippen LogP contribution in [-0.2, 0) is 29.0 Å². The van der Waals surface area contributed by atoms with Crippen molar-refractivity contribution >= 4 is 28.3 Å². The Labute approximate surface area is 244 Å². The number of carbonyl (C=O) groups is 2. The van der Waals surface area contributed by atoms with E-state index in [4.69, 9.17) is 9.72 Å². The fourth-order valence-corrected chi connectivity index (χ4v) is 7.84. The number of benzene rings is 1. The normalized spacial score (nSPS) is 26.9. The van der Waals surface area contributed by atoms with Crippen LogP contribution in [0.5, 0.6) is 5.75 Å². The molecule has 0 saturated heterocycles. The van der Waals surface area contributed by atoms with E-state index in [9.17, 15) is 19.8 Å². The van der Waals surface area contributed by atoms with Crippen LogP contribution >= 0.6 is 11.3 Å². The first-order chi connectivity index (χ1) is 19.7. The monoisotopic (exact) mass is 578 g/mol. The number of nitrogens with one attached hydrogen (secondary N) is 2. The van der Waals surface area contributed by atoms with Crippen LogP contribution in [0.15, 0.2) is 48.8 Å². The molecule has 1 fully saturated rings. The fourth-order valence-electron chi connectivity index (χ4n) is 6.75. The van der Waals surface area contributed by atoms with E-state index in [1.165, 1.54) is 11.3 Å². The summed E-state index contributed by atoms with van der Waals surface area (Å²) in [4.78, 5) is 36.2. The third-order valence-electron chi connectivity index (χ3n) is 9.27. The third-order valence-corrected chi connectivity index (χ3v) is 10.3. The molecule has 218 valence electrons. The molecule has 0 spiro atoms. The summed E-state index contributed by atoms with van der Waals surface area (Å²) in [5, 5.41) is 28.0. The maximum atomic E-state index is 13.3. The summed E-state index contributed by atoms with van der Waals surface area (Å²) in [7, 11) is 1.60. The SMILES string of the molecule is COc1ccc(CC(=O)Nc2nc3c(s2)CC2[C@@](C)(CCC(O)[C@@]2(C)CO)C3CC(=O)NCc2cccnc2)cc1. The first-order valence-corrected chi connectivity index (χ1v) is 14.8. The second kappa shape index (κ2) is 11.9. The van der Waals surface area contributed by atoms with Gasteiger partial charge in [-0.05, 0) is 59.9 Å². The smallest absolute Gasteiger partial charge is 0.230 e. The summed E-state index contributed by atoms with van der Waals surface area (Å²) in [5.74, 6) is 0.169. The standard InChI is InChI=1S/C31H38N4O5S/c1-30-11-10-25(37)31(2,18-36)24(30)15-23-28(22(30)14-26(38)33-17-20-5-4-12-32-16-20)35-29(41-23)34-27(39)13-19-6-8-21(40-3)9-7-19/h4-9,12,16,22,24-25,36-37H,10-11,13-15,17-18H2,1-3H3,(H,33,38)(H,34,35,39)/t22?,24?,25?,30-,31-/m0/s1. The lowest BCUT2D eigenvalue weighted by molar-refractivity contribution is -0.144. The molecule has 3 aromatic rings. The largest absolute Gasteiger partial charge is 0.497 e. The van der Waals surface area contributed by atoms with Crippen molar-refractivity contribution in [3.8, 4) is 5.75 Å². The van der Waals surface area contributed by atoms with E-state index >= 15 is 0 Å². The van der Waals surface area contributed by atoms with Gasteiger partial charge >= 0.3 is 0 Å². The van der Waals surface area contributed by atoms with Crippen LogP contribution in [-0.4, -0.2) is 51.8 Å². The molecule has 0 radical (unpaired) electrons. The number of amides is 2. The van der Waals surface area contributed by atoms with Gasteiger partial charge in [-0.25, -0.2) is 4.98 Å². The molecule has 5 atom stereocenters. The maximum Gasteiger partial charge on any atom is 0.230 e. The summed E-state index contributed by atoms with van der Waals surface area (Å²) in [6, 6.07) is 11.1. The van der Waals surface area contributed by atoms with E-state index in [0.29, 0.717) is 30.9 Å². The first kappa shape index (κ1) is 29.2. The van der Waals surface area contributed by atoms with Crippen LogP contribution in [0.1, 0.15) is 60.7 Å². The highest BCUT2D eigenvalue weighted by Crippen LogP contribution is 2.62. The molecule has 2 aliphatic rings. The van der Waals surface area contributed by atoms with Gasteiger partial charge in [0.1, 0.15) is 5.75 Å². The van der Waals surface area contributed by atoms with Crippen molar-refractivity contribution in [2.75, 3.05) is 19.0 Å². The van der Waals surface area contributed by atoms with Crippen molar-refractivity contribution in [2.45, 2.75) is 64.5 Å². The van der Waals surface area contributed by atoms with E-state index in [-0.39, 0.29) is 48.5 Å². The van der Waals surface area contributed by atoms with Crippen molar-refractivity contribution < 1.29 is 24.5 Å². The van der Waals surface area contributed by atoms with E-state index in [0.717, 1.165) is 27.4 Å². The van der Waals surface area contributed by atoms with Crippen molar-refractivity contribution in [3.63, 3.8) is 0 Å². The molecule has 2 heterocycles. The number of hydrogen-bond acceptors (Lipinski definition) is 8. The van der Waals surface area contributed by atoms with Crippen LogP contribution in [0.2, 0.25) is 0 Å². The van der Waals surface area contributed by atoms with Crippen molar-refractivity contribution in [1.29, 1.82) is 0 Å². The number of thiazole rings is 1. The number of aliphatic hydroxyl groups is 2. The van der Waals surface area contributed by atoms with Gasteiger partial charge in [0.25, 0.3) is 0 Å². The van der Waals surface area contributed by atoms with Crippen LogP contribution in [0.4, 0.5) is 5.13 Å². The molecule has 41 heavy (non-hydrogen) atoms. The highest BCUT2D eigenvalue weighted by atomic mass is 32.1. The number of hydrogen-bond donors (Lipinski definition) is 4. The Bertz CT molecular complexity index is 1380. The lowest BCUT2D eigenvalue weighted by atomic mass is 9.47. The molecule has 0 bridgehead atoms. The zero-order chi connectivity index (χ0) is 29.2. The van der Waals surface area contributed by atoms with E-state index in [2.05, 4.69) is 22.5 Å². The Kier molecular flexibility index (Phi) is 8.45. The van der Waals surface area contributed by atoms with Crippen LogP contribution in [0.25, 0.3) is 0 Å². The van der Waals surface area contributed by atoms with Gasteiger partial charge in [-0.1, -0.05) is 32.0 Å². The molecule has 2 aromatic heterocycles. The Morgan fingerprint density at radius 1 is 1.15 bits per heavy atom. The van der Waals surface area contributed by atoms with Crippen LogP contribution < -0.4 is 15.4 Å². The van der Waals surface area contributed by atoms with E-state index < -0.39 is 11.5 Å². The molecule has 0 aliphatic heterocycles. The first-order valence-electron chi connectivity index (χ1n) is 14.0. The molecule has 3 unspecified atom stereocenters. The second-order valence-electron chi connectivity index (χ2n) is 11.8. The Morgan fingerprint density at radius 3 is 2.61 bits per heavy atom. The number of fused-ring (bicyclic) bond motifs is 2. The summed E-state index contributed by atoms with van der Waals surface area (Å²) in [6.45, 7) is 4.35. The summed E-state index contributed by atoms with van der Waals surface area (Å²) >= 11 is 1.42. The molecule has 2 amide bonds. The number of anilines is 1. The van der Waals surface area contributed by atoms with Gasteiger partial charge in [0.15, 0.2) is 5.13 Å². The van der Waals surface area contributed by atoms with E-state index in [1.807, 2.05) is 43.3 Å². The number of rotatable bonds is 9. The number of aliphatic hydroxyl groups excluding tert-OH is 2. The predicted octanol–water partition coefficient (Wildman–Crippen LogP) is 3.85. The quantitative estimate of drug-likeness (QED) is 0.303. The van der Waals surface area contributed by atoms with Gasteiger partial charge in [-0.2, -0.15) is 0 Å². The molecule has 5 rings (SSSR count). The Morgan fingerprint density at radius 2 is 1.93 bits per heavy atom. The van der Waals surface area contributed by atoms with Gasteiger partial charge in [0, 0.05) is 41.6 Å². The molecule has 9 nitrogen and oxygen atoms in total. The zero-order valence-electron chi connectivity index (χ0n) is 23.7. The average molecular weight is 579 g/mol. The van der Waals surface area contributed by atoms with Crippen LogP contribution in [0.3, 0.4) is 0 Å². The highest BCUT2D eigenvalue weighted by molar-refractivity contribution is 7.15. The van der Waals surface area contributed by atoms with Crippen LogP contribution in [0, 0.1) is 16.7 Å². The van der Waals surface area contributed by atoms with Crippen molar-refractivity contribution in [1.82, 2.24) is 15.3 Å². The number of ether oxygens (including phenoxy) is 1. The number of nitrogens with zero attached hydrogens (tertiary/aromatic N) is 2. The maximum absolute atomic E-state index is 13.3. The number of pyridine rings is 1. The Hall–Kier alpha value is -3.34. The van der Waals surface area contributed by atoms with Gasteiger partial charge < -0.3 is 25.6 Å². The molecule has 1 aromatic carbocycles. The molecular weight excluding hydrogens is 540 g/mol. The summed E-state index contributed by atoms with van der Waals surface area (Å²) in [6.07, 6.45) is 5.09. The molecule has 4 N–H and O–H groups in total. The molecule has 2 aliphatic carbocycles. The van der Waals surface area contributed by atoms with Crippen molar-refractivity contribution in [3.05, 3.63) is 70.5 Å². The van der Waals surface area contributed by atoms with Crippen molar-refractivity contribution in [2.24, 2.45) is 16.7 Å². The molecule has 1 saturated carbocycles. The molecular formula is C31H38N4O5S. The second-order valence-corrected chi connectivity index (χ2v) is 12.9. The lowest BCUT2D eigenvalue weighted by Gasteiger charge is -2.58. The topological polar surface area (TPSA) is 134 Å². The highest BCUT2D eigenvalue weighted by Gasteiger charge is 2.59. The lowest BCUT2D eigenvalue weighted by Crippen LogP contribution is -2.57. The van der Waals surface area contributed by atoms with Gasteiger partial charge in [-0.15, -0.1) is 11.3 Å². The minimum atomic E-state index is -0.711. The average Bonchev–Trinajstić information content (AvgIpc) is 3.38. The fraction of sp³-hybridized carbons (Fsp3) is 0.484. The third kappa shape index (κ3) is 5.86. The number of methoxy groups -OCH3 is 1. The van der Waals surface area contributed by atoms with Gasteiger partial charge in [0.05, 0.1) is 31.9 Å². The Balaban J connectivity index is 1.40. The van der Waals surface area contributed by atoms with Gasteiger partial charge in [0.2, 0.25) is 11.8 Å². The minimum absolute atomic E-state index is 0.0596. The van der Waals surface area contributed by atoms with E-state index in [1.54, 1.807) is 19.5 Å². The molecule has 10 heteroatoms. The van der Waals surface area contributed by atoms with Gasteiger partial charge in [-0.3, -0.25) is 14.6 Å². The summed E-state index contributed by atoms with van der Waals surface area (Å²) < 4.78 is 5.20. The summed E-state index contributed by atoms with van der Waals surface area (Å²) in [5.41, 5.74) is 1.53. The predicted molar refractivity (Wildman–Crippen MR) is 157 cm³/mol. The minimum Gasteiger partial charge on any atom is -0.497 e. The number of carbonyl (C=O) groups excluding carboxylic acids is 2.